The fourth-order valence-corrected chi connectivity index (χ4v) is 2.40. The highest BCUT2D eigenvalue weighted by atomic mass is 19.1. The van der Waals surface area contributed by atoms with Gasteiger partial charge in [-0.1, -0.05) is 0 Å². The zero-order valence-electron chi connectivity index (χ0n) is 13.8. The number of ether oxygens (including phenoxy) is 1. The van der Waals surface area contributed by atoms with E-state index in [0.29, 0.717) is 32.2 Å². The lowest BCUT2D eigenvalue weighted by molar-refractivity contribution is 0.0240. The van der Waals surface area contributed by atoms with Crippen LogP contribution >= 0.6 is 0 Å². The molecule has 0 atom stereocenters. The number of hydrogen-bond acceptors (Lipinski definition) is 4. The van der Waals surface area contributed by atoms with Crippen LogP contribution in [0.2, 0.25) is 0 Å². The Bertz CT molecular complexity index is 650. The Kier molecular flexibility index (Phi) is 4.96. The molecule has 1 aromatic carbocycles. The SMILES string of the molecule is CC(C)(C)OC(=O)N1CCN(c2cc(C(=O)O)c(F)cc2F)CC1. The van der Waals surface area contributed by atoms with E-state index in [-0.39, 0.29) is 5.69 Å². The molecule has 1 aliphatic heterocycles. The average Bonchev–Trinajstić information content (AvgIpc) is 2.45. The number of carboxylic acid groups (broad SMARTS) is 1. The van der Waals surface area contributed by atoms with E-state index in [1.54, 1.807) is 25.7 Å². The highest BCUT2D eigenvalue weighted by Crippen LogP contribution is 2.25. The molecule has 1 aromatic rings. The third-order valence-corrected chi connectivity index (χ3v) is 3.54. The van der Waals surface area contributed by atoms with Gasteiger partial charge in [0.05, 0.1) is 11.3 Å². The molecule has 132 valence electrons. The van der Waals surface area contributed by atoms with Crippen molar-refractivity contribution < 1.29 is 28.2 Å². The Morgan fingerprint density at radius 2 is 1.67 bits per heavy atom. The first-order valence-electron chi connectivity index (χ1n) is 7.53. The summed E-state index contributed by atoms with van der Waals surface area (Å²) in [4.78, 5) is 26.1. The van der Waals surface area contributed by atoms with Gasteiger partial charge in [0.2, 0.25) is 0 Å². The third-order valence-electron chi connectivity index (χ3n) is 3.54. The summed E-state index contributed by atoms with van der Waals surface area (Å²) in [6, 6.07) is 1.55. The molecule has 0 unspecified atom stereocenters. The zero-order chi connectivity index (χ0) is 18.1. The molecule has 24 heavy (non-hydrogen) atoms. The minimum absolute atomic E-state index is 0.0117. The first kappa shape index (κ1) is 18.0. The second kappa shape index (κ2) is 6.62. The molecule has 1 amide bonds. The number of nitrogens with zero attached hydrogens (tertiary/aromatic N) is 2. The van der Waals surface area contributed by atoms with Crippen molar-refractivity contribution in [2.45, 2.75) is 26.4 Å². The summed E-state index contributed by atoms with van der Waals surface area (Å²) in [5, 5.41) is 8.95. The number of amides is 1. The van der Waals surface area contributed by atoms with E-state index < -0.39 is 34.9 Å². The van der Waals surface area contributed by atoms with Crippen molar-refractivity contribution in [2.75, 3.05) is 31.1 Å². The maximum absolute atomic E-state index is 14.0. The van der Waals surface area contributed by atoms with Crippen LogP contribution in [0.1, 0.15) is 31.1 Å². The van der Waals surface area contributed by atoms with Crippen molar-refractivity contribution in [3.8, 4) is 0 Å². The second-order valence-corrected chi connectivity index (χ2v) is 6.54. The Hall–Kier alpha value is -2.38. The summed E-state index contributed by atoms with van der Waals surface area (Å²) < 4.78 is 32.7. The molecule has 0 aromatic heterocycles. The van der Waals surface area contributed by atoms with Crippen molar-refractivity contribution >= 4 is 17.7 Å². The van der Waals surface area contributed by atoms with Crippen molar-refractivity contribution in [1.29, 1.82) is 0 Å². The van der Waals surface area contributed by atoms with Gasteiger partial charge in [-0.15, -0.1) is 0 Å². The normalized spacial score (nSPS) is 15.4. The predicted octanol–water partition coefficient (Wildman–Crippen LogP) is 2.72. The number of benzene rings is 1. The molecule has 8 heteroatoms. The van der Waals surface area contributed by atoms with Gasteiger partial charge in [0, 0.05) is 32.2 Å². The fourth-order valence-electron chi connectivity index (χ4n) is 2.40. The van der Waals surface area contributed by atoms with Crippen LogP contribution in [0.4, 0.5) is 19.3 Å². The molecule has 6 nitrogen and oxygen atoms in total. The maximum Gasteiger partial charge on any atom is 0.410 e. The molecule has 1 aliphatic rings. The fraction of sp³-hybridized carbons (Fsp3) is 0.500. The van der Waals surface area contributed by atoms with Crippen molar-refractivity contribution in [3.05, 3.63) is 29.3 Å². The third kappa shape index (κ3) is 4.12. The summed E-state index contributed by atoms with van der Waals surface area (Å²) in [6.45, 7) is 6.48. The van der Waals surface area contributed by atoms with E-state index in [1.807, 2.05) is 0 Å². The summed E-state index contributed by atoms with van der Waals surface area (Å²) in [5.41, 5.74) is -1.17. The van der Waals surface area contributed by atoms with Gasteiger partial charge in [0.25, 0.3) is 0 Å². The second-order valence-electron chi connectivity index (χ2n) is 6.54. The number of aromatic carboxylic acids is 1. The molecule has 1 N–H and O–H groups in total. The van der Waals surface area contributed by atoms with Gasteiger partial charge in [0.15, 0.2) is 0 Å². The smallest absolute Gasteiger partial charge is 0.410 e. The Morgan fingerprint density at radius 3 is 2.17 bits per heavy atom. The Labute approximate surface area is 138 Å². The molecule has 1 fully saturated rings. The molecular weight excluding hydrogens is 322 g/mol. The summed E-state index contributed by atoms with van der Waals surface area (Å²) >= 11 is 0. The lowest BCUT2D eigenvalue weighted by Gasteiger charge is -2.36. The van der Waals surface area contributed by atoms with E-state index in [9.17, 15) is 18.4 Å². The van der Waals surface area contributed by atoms with E-state index in [0.717, 1.165) is 6.07 Å². The molecule has 0 aliphatic carbocycles. The number of anilines is 1. The molecule has 1 saturated heterocycles. The highest BCUT2D eigenvalue weighted by Gasteiger charge is 2.27. The van der Waals surface area contributed by atoms with Crippen LogP contribution in [0, 0.1) is 11.6 Å². The number of carboxylic acids is 1. The van der Waals surface area contributed by atoms with Crippen LogP contribution in [0.15, 0.2) is 12.1 Å². The van der Waals surface area contributed by atoms with E-state index in [4.69, 9.17) is 9.84 Å². The molecule has 0 bridgehead atoms. The number of hydrogen-bond donors (Lipinski definition) is 1. The number of carbonyl (C=O) groups excluding carboxylic acids is 1. The minimum atomic E-state index is -1.46. The van der Waals surface area contributed by atoms with Crippen LogP contribution < -0.4 is 4.90 Å². The van der Waals surface area contributed by atoms with Crippen LogP contribution in [-0.4, -0.2) is 53.8 Å². The van der Waals surface area contributed by atoms with Crippen molar-refractivity contribution in [2.24, 2.45) is 0 Å². The summed E-state index contributed by atoms with van der Waals surface area (Å²) in [6.07, 6.45) is -0.451. The van der Waals surface area contributed by atoms with Gasteiger partial charge in [-0.05, 0) is 26.8 Å². The number of carbonyl (C=O) groups is 2. The molecule has 0 radical (unpaired) electrons. The van der Waals surface area contributed by atoms with E-state index in [1.165, 1.54) is 4.90 Å². The highest BCUT2D eigenvalue weighted by molar-refractivity contribution is 5.89. The minimum Gasteiger partial charge on any atom is -0.478 e. The molecule has 1 heterocycles. The van der Waals surface area contributed by atoms with E-state index >= 15 is 0 Å². The van der Waals surface area contributed by atoms with Crippen LogP contribution in [-0.2, 0) is 4.74 Å². The molecule has 2 rings (SSSR count). The number of halogens is 2. The van der Waals surface area contributed by atoms with Gasteiger partial charge in [-0.3, -0.25) is 0 Å². The zero-order valence-corrected chi connectivity index (χ0v) is 13.8. The quantitative estimate of drug-likeness (QED) is 0.895. The maximum atomic E-state index is 14.0. The molecule has 0 spiro atoms. The monoisotopic (exact) mass is 342 g/mol. The lowest BCUT2D eigenvalue weighted by atomic mass is 10.1. The standard InChI is InChI=1S/C16H20F2N2O4/c1-16(2,3)24-15(23)20-6-4-19(5-7-20)13-8-10(14(21)22)11(17)9-12(13)18/h8-9H,4-7H2,1-3H3,(H,21,22). The van der Waals surface area contributed by atoms with Gasteiger partial charge >= 0.3 is 12.1 Å². The van der Waals surface area contributed by atoms with Crippen molar-refractivity contribution in [3.63, 3.8) is 0 Å². The van der Waals surface area contributed by atoms with Gasteiger partial charge in [0.1, 0.15) is 17.2 Å². The van der Waals surface area contributed by atoms with Crippen LogP contribution in [0.3, 0.4) is 0 Å². The van der Waals surface area contributed by atoms with E-state index in [2.05, 4.69) is 0 Å². The van der Waals surface area contributed by atoms with Crippen LogP contribution in [0.25, 0.3) is 0 Å². The first-order chi connectivity index (χ1) is 11.1. The largest absolute Gasteiger partial charge is 0.478 e. The summed E-state index contributed by atoms with van der Waals surface area (Å²) in [7, 11) is 0. The van der Waals surface area contributed by atoms with Gasteiger partial charge < -0.3 is 19.6 Å². The Morgan fingerprint density at radius 1 is 1.08 bits per heavy atom. The number of rotatable bonds is 2. The summed E-state index contributed by atoms with van der Waals surface area (Å²) in [5.74, 6) is -3.40. The molecule has 0 saturated carbocycles. The van der Waals surface area contributed by atoms with Gasteiger partial charge in [-0.25, -0.2) is 18.4 Å². The van der Waals surface area contributed by atoms with Crippen LogP contribution in [0.5, 0.6) is 0 Å². The Balaban J connectivity index is 2.09. The first-order valence-corrected chi connectivity index (χ1v) is 7.53. The predicted molar refractivity (Wildman–Crippen MR) is 83.3 cm³/mol. The molecular formula is C16H20F2N2O4. The van der Waals surface area contributed by atoms with Gasteiger partial charge in [-0.2, -0.15) is 0 Å². The average molecular weight is 342 g/mol. The van der Waals surface area contributed by atoms with Crippen molar-refractivity contribution in [1.82, 2.24) is 4.90 Å². The topological polar surface area (TPSA) is 70.1 Å². The lowest BCUT2D eigenvalue weighted by Crippen LogP contribution is -2.50. The number of piperazine rings is 1.